The molecule has 0 aliphatic heterocycles. The van der Waals surface area contributed by atoms with Gasteiger partial charge in [0.25, 0.3) is 11.5 Å². The first-order valence-electron chi connectivity index (χ1n) is 8.55. The molecule has 134 valence electrons. The minimum atomic E-state index is -0.194. The molecule has 0 radical (unpaired) electrons. The Balaban J connectivity index is 1.82. The van der Waals surface area contributed by atoms with Gasteiger partial charge in [-0.05, 0) is 30.9 Å². The van der Waals surface area contributed by atoms with Crippen LogP contribution in [0.1, 0.15) is 43.3 Å². The topological polar surface area (TPSA) is 84.1 Å². The number of hydrogen-bond acceptors (Lipinski definition) is 4. The zero-order valence-electron chi connectivity index (χ0n) is 15.0. The van der Waals surface area contributed by atoms with E-state index in [-0.39, 0.29) is 18.1 Å². The molecule has 0 saturated heterocycles. The number of para-hydroxylation sites is 1. The maximum Gasteiger partial charge on any atom is 0.257 e. The van der Waals surface area contributed by atoms with E-state index in [0.717, 1.165) is 17.7 Å². The summed E-state index contributed by atoms with van der Waals surface area (Å²) < 4.78 is 5.68. The van der Waals surface area contributed by atoms with E-state index < -0.39 is 0 Å². The normalized spacial score (nSPS) is 11.8. The van der Waals surface area contributed by atoms with Gasteiger partial charge < -0.3 is 15.0 Å². The third-order valence-electron chi connectivity index (χ3n) is 4.04. The highest BCUT2D eigenvalue weighted by Gasteiger charge is 2.11. The number of aromatic amines is 1. The van der Waals surface area contributed by atoms with Crippen LogP contribution in [0.25, 0.3) is 0 Å². The van der Waals surface area contributed by atoms with Crippen LogP contribution in [0, 0.1) is 6.92 Å². The van der Waals surface area contributed by atoms with Crippen LogP contribution in [0.2, 0.25) is 0 Å². The lowest BCUT2D eigenvalue weighted by Crippen LogP contribution is -2.31. The van der Waals surface area contributed by atoms with Crippen LogP contribution in [-0.2, 0) is 11.2 Å². The molecule has 0 bridgehead atoms. The fourth-order valence-electron chi connectivity index (χ4n) is 2.53. The Bertz CT molecular complexity index is 771. The summed E-state index contributed by atoms with van der Waals surface area (Å²) in [5.41, 5.74) is 1.59. The molecule has 0 saturated carbocycles. The SMILES string of the molecule is CCC(C)c1ccccc1OCC(=O)NCCc1cc(=O)[nH]c(C)n1. The van der Waals surface area contributed by atoms with Gasteiger partial charge in [-0.15, -0.1) is 0 Å². The van der Waals surface area contributed by atoms with Crippen molar-refractivity contribution in [3.8, 4) is 5.75 Å². The Morgan fingerprint density at radius 3 is 2.84 bits per heavy atom. The molecule has 6 nitrogen and oxygen atoms in total. The summed E-state index contributed by atoms with van der Waals surface area (Å²) in [5, 5.41) is 2.79. The Hall–Kier alpha value is -2.63. The average molecular weight is 343 g/mol. The zero-order valence-corrected chi connectivity index (χ0v) is 15.0. The molecule has 0 aliphatic carbocycles. The number of benzene rings is 1. The molecule has 0 fully saturated rings. The number of nitrogens with one attached hydrogen (secondary N) is 2. The summed E-state index contributed by atoms with van der Waals surface area (Å²) in [7, 11) is 0. The van der Waals surface area contributed by atoms with Crippen molar-refractivity contribution in [2.45, 2.75) is 39.5 Å². The predicted molar refractivity (Wildman–Crippen MR) is 97.0 cm³/mol. The molecule has 1 amide bonds. The van der Waals surface area contributed by atoms with Gasteiger partial charge in [0.15, 0.2) is 6.61 Å². The average Bonchev–Trinajstić information content (AvgIpc) is 2.58. The van der Waals surface area contributed by atoms with Crippen LogP contribution in [0.3, 0.4) is 0 Å². The number of hydrogen-bond donors (Lipinski definition) is 2. The molecule has 0 aliphatic rings. The lowest BCUT2D eigenvalue weighted by Gasteiger charge is -2.15. The summed E-state index contributed by atoms with van der Waals surface area (Å²) in [6.45, 7) is 6.36. The minimum absolute atomic E-state index is 0.0325. The number of H-pyrrole nitrogens is 1. The van der Waals surface area contributed by atoms with E-state index in [1.807, 2.05) is 24.3 Å². The summed E-state index contributed by atoms with van der Waals surface area (Å²) in [6.07, 6.45) is 1.51. The van der Waals surface area contributed by atoms with Crippen LogP contribution >= 0.6 is 0 Å². The Labute approximate surface area is 147 Å². The molecule has 2 aromatic rings. The molecule has 1 aromatic heterocycles. The molecule has 2 rings (SSSR count). The van der Waals surface area contributed by atoms with Crippen molar-refractivity contribution >= 4 is 5.91 Å². The van der Waals surface area contributed by atoms with Crippen molar-refractivity contribution in [2.75, 3.05) is 13.2 Å². The highest BCUT2D eigenvalue weighted by Crippen LogP contribution is 2.28. The van der Waals surface area contributed by atoms with E-state index in [2.05, 4.69) is 29.1 Å². The van der Waals surface area contributed by atoms with Crippen molar-refractivity contribution in [3.63, 3.8) is 0 Å². The predicted octanol–water partition coefficient (Wildman–Crippen LogP) is 2.33. The third kappa shape index (κ3) is 5.74. The smallest absolute Gasteiger partial charge is 0.257 e. The first-order valence-corrected chi connectivity index (χ1v) is 8.55. The molecule has 0 spiro atoms. The summed E-state index contributed by atoms with van der Waals surface area (Å²) in [5.74, 6) is 1.50. The maximum absolute atomic E-state index is 12.0. The van der Waals surface area contributed by atoms with E-state index in [1.165, 1.54) is 6.07 Å². The highest BCUT2D eigenvalue weighted by molar-refractivity contribution is 5.77. The van der Waals surface area contributed by atoms with Gasteiger partial charge in [0.1, 0.15) is 11.6 Å². The number of carbonyl (C=O) groups is 1. The second-order valence-corrected chi connectivity index (χ2v) is 6.06. The van der Waals surface area contributed by atoms with E-state index in [9.17, 15) is 9.59 Å². The Kier molecular flexibility index (Phi) is 6.74. The van der Waals surface area contributed by atoms with Crippen LogP contribution in [0.5, 0.6) is 5.75 Å². The number of carbonyl (C=O) groups excluding carboxylic acids is 1. The quantitative estimate of drug-likeness (QED) is 0.770. The second-order valence-electron chi connectivity index (χ2n) is 6.06. The van der Waals surface area contributed by atoms with Gasteiger partial charge >= 0.3 is 0 Å². The number of aromatic nitrogens is 2. The van der Waals surface area contributed by atoms with Crippen LogP contribution in [0.4, 0.5) is 0 Å². The number of amides is 1. The molecule has 6 heteroatoms. The highest BCUT2D eigenvalue weighted by atomic mass is 16.5. The Morgan fingerprint density at radius 2 is 2.12 bits per heavy atom. The van der Waals surface area contributed by atoms with E-state index >= 15 is 0 Å². The van der Waals surface area contributed by atoms with Crippen molar-refractivity contribution in [2.24, 2.45) is 0 Å². The van der Waals surface area contributed by atoms with E-state index in [4.69, 9.17) is 4.74 Å². The lowest BCUT2D eigenvalue weighted by molar-refractivity contribution is -0.123. The summed E-state index contributed by atoms with van der Waals surface area (Å²) in [4.78, 5) is 30.2. The van der Waals surface area contributed by atoms with E-state index in [0.29, 0.717) is 30.4 Å². The van der Waals surface area contributed by atoms with Crippen molar-refractivity contribution in [1.29, 1.82) is 0 Å². The second kappa shape index (κ2) is 9.01. The number of aryl methyl sites for hydroxylation is 1. The van der Waals surface area contributed by atoms with Gasteiger partial charge in [0, 0.05) is 24.7 Å². The van der Waals surface area contributed by atoms with E-state index in [1.54, 1.807) is 6.92 Å². The summed E-state index contributed by atoms with van der Waals surface area (Å²) >= 11 is 0. The fourth-order valence-corrected chi connectivity index (χ4v) is 2.53. The molecule has 1 unspecified atom stereocenters. The first-order chi connectivity index (χ1) is 12.0. The van der Waals surface area contributed by atoms with Crippen molar-refractivity contribution in [1.82, 2.24) is 15.3 Å². The van der Waals surface area contributed by atoms with Crippen molar-refractivity contribution < 1.29 is 9.53 Å². The number of nitrogens with zero attached hydrogens (tertiary/aromatic N) is 1. The third-order valence-corrected chi connectivity index (χ3v) is 4.04. The van der Waals surface area contributed by atoms with Crippen LogP contribution in [-0.4, -0.2) is 29.0 Å². The first kappa shape index (κ1) is 18.7. The minimum Gasteiger partial charge on any atom is -0.483 e. The van der Waals surface area contributed by atoms with Gasteiger partial charge in [-0.25, -0.2) is 4.98 Å². The Morgan fingerprint density at radius 1 is 1.36 bits per heavy atom. The standard InChI is InChI=1S/C19H25N3O3/c1-4-13(2)16-7-5-6-8-17(16)25-12-19(24)20-10-9-15-11-18(23)22-14(3)21-15/h5-8,11,13H,4,9-10,12H2,1-3H3,(H,20,24)(H,21,22,23). The number of rotatable bonds is 8. The molecule has 1 heterocycles. The number of ether oxygens (including phenoxy) is 1. The van der Waals surface area contributed by atoms with Gasteiger partial charge in [-0.3, -0.25) is 9.59 Å². The molecule has 25 heavy (non-hydrogen) atoms. The van der Waals surface area contributed by atoms with Gasteiger partial charge in [0.2, 0.25) is 0 Å². The molecule has 2 N–H and O–H groups in total. The zero-order chi connectivity index (χ0) is 18.2. The van der Waals surface area contributed by atoms with Crippen LogP contribution < -0.4 is 15.6 Å². The molecular formula is C19H25N3O3. The monoisotopic (exact) mass is 343 g/mol. The lowest BCUT2D eigenvalue weighted by atomic mass is 9.98. The maximum atomic E-state index is 12.0. The van der Waals surface area contributed by atoms with Crippen molar-refractivity contribution in [3.05, 3.63) is 57.8 Å². The summed E-state index contributed by atoms with van der Waals surface area (Å²) in [6, 6.07) is 9.24. The largest absolute Gasteiger partial charge is 0.483 e. The molecular weight excluding hydrogens is 318 g/mol. The van der Waals surface area contributed by atoms with Gasteiger partial charge in [-0.1, -0.05) is 32.0 Å². The van der Waals surface area contributed by atoms with Gasteiger partial charge in [-0.2, -0.15) is 0 Å². The molecule has 1 atom stereocenters. The fraction of sp³-hybridized carbons (Fsp3) is 0.421. The van der Waals surface area contributed by atoms with Gasteiger partial charge in [0.05, 0.1) is 0 Å². The molecule has 1 aromatic carbocycles. The van der Waals surface area contributed by atoms with Crippen LogP contribution in [0.15, 0.2) is 35.1 Å².